The number of urea groups is 1. The van der Waals surface area contributed by atoms with Crippen LogP contribution in [0.1, 0.15) is 27.3 Å². The van der Waals surface area contributed by atoms with Gasteiger partial charge < -0.3 is 19.5 Å². The van der Waals surface area contributed by atoms with E-state index >= 15 is 0 Å². The molecule has 2 N–H and O–H groups in total. The van der Waals surface area contributed by atoms with Gasteiger partial charge in [-0.25, -0.2) is 9.78 Å². The quantitative estimate of drug-likeness (QED) is 0.415. The van der Waals surface area contributed by atoms with E-state index in [2.05, 4.69) is 22.1 Å². The second kappa shape index (κ2) is 9.61. The predicted octanol–water partition coefficient (Wildman–Crippen LogP) is 2.43. The lowest BCUT2D eigenvalue weighted by Gasteiger charge is -2.21. The number of carbonyl (C=O) groups excluding carboxylic acids is 3. The minimum Gasteiger partial charge on any atom is -0.497 e. The number of imidazole rings is 1. The van der Waals surface area contributed by atoms with Crippen LogP contribution in [0.15, 0.2) is 36.4 Å². The normalized spacial score (nSPS) is 13.6. The first-order valence-corrected chi connectivity index (χ1v) is 10.6. The number of fused-ring (bicyclic) bond motifs is 2. The molecule has 2 heterocycles. The van der Waals surface area contributed by atoms with Crippen molar-refractivity contribution in [1.82, 2.24) is 25.1 Å². The van der Waals surface area contributed by atoms with Crippen LogP contribution in [-0.4, -0.2) is 52.5 Å². The number of benzene rings is 2. The largest absolute Gasteiger partial charge is 0.497 e. The maximum absolute atomic E-state index is 13.2. The zero-order valence-corrected chi connectivity index (χ0v) is 19.1. The number of carbonyl (C=O) groups is 3. The van der Waals surface area contributed by atoms with Gasteiger partial charge in [0, 0.05) is 24.7 Å². The Morgan fingerprint density at radius 3 is 2.75 bits per heavy atom. The highest BCUT2D eigenvalue weighted by Crippen LogP contribution is 2.31. The number of nitrogens with one attached hydrogen (secondary N) is 2. The van der Waals surface area contributed by atoms with Crippen molar-refractivity contribution < 1.29 is 32.3 Å². The fourth-order valence-corrected chi connectivity index (χ4v) is 3.91. The molecule has 4 rings (SSSR count). The van der Waals surface area contributed by atoms with E-state index in [1.165, 1.54) is 37.3 Å². The van der Waals surface area contributed by atoms with Gasteiger partial charge in [-0.15, -0.1) is 0 Å². The van der Waals surface area contributed by atoms with Crippen molar-refractivity contribution in [1.29, 1.82) is 0 Å². The summed E-state index contributed by atoms with van der Waals surface area (Å²) in [6.45, 7) is 0.288. The van der Waals surface area contributed by atoms with Crippen molar-refractivity contribution in [2.75, 3.05) is 13.7 Å². The Hall–Kier alpha value is -4.53. The topological polar surface area (TPSA) is 106 Å². The van der Waals surface area contributed by atoms with E-state index in [0.717, 1.165) is 10.1 Å². The summed E-state index contributed by atoms with van der Waals surface area (Å²) >= 11 is 0. The summed E-state index contributed by atoms with van der Waals surface area (Å²) in [7, 11) is 2.75. The molecule has 0 bridgehead atoms. The molecule has 4 amide bonds. The summed E-state index contributed by atoms with van der Waals surface area (Å²) in [5.41, 5.74) is 2.03. The molecule has 36 heavy (non-hydrogen) atoms. The summed E-state index contributed by atoms with van der Waals surface area (Å²) in [4.78, 5) is 40.6. The average Bonchev–Trinajstić information content (AvgIpc) is 3.33. The van der Waals surface area contributed by atoms with Gasteiger partial charge in [0.15, 0.2) is 0 Å². The fourth-order valence-electron chi connectivity index (χ4n) is 3.91. The molecular formula is C24H20F3N5O4. The molecule has 2 aromatic carbocycles. The SMILES string of the molecule is COc1ccc2c(c1)C(=O)N(C[C@@H](C#Cc1ccc3nc(C(F)(F)F)n(C)c3c1)NC(=O)NC=O)C2. The standard InChI is InChI=1S/C24H20F3N5O4/c1-31-20-9-14(4-8-19(20)30-22(31)24(25,26)27)3-6-16(29-23(35)28-13-33)12-32-11-15-5-7-17(36-2)10-18(15)21(32)34/h4-5,7-10,13,16H,11-12H2,1-2H3,(H2,28,29,33,35)/t16-/m1/s1. The van der Waals surface area contributed by atoms with E-state index in [-0.39, 0.29) is 36.4 Å². The van der Waals surface area contributed by atoms with Crippen LogP contribution in [0, 0.1) is 11.8 Å². The van der Waals surface area contributed by atoms with Crippen molar-refractivity contribution >= 4 is 29.4 Å². The van der Waals surface area contributed by atoms with Crippen molar-refractivity contribution in [3.05, 3.63) is 58.9 Å². The van der Waals surface area contributed by atoms with Crippen molar-refractivity contribution in [3.8, 4) is 17.6 Å². The number of rotatable bonds is 5. The lowest BCUT2D eigenvalue weighted by molar-refractivity contribution is -0.146. The lowest BCUT2D eigenvalue weighted by Crippen LogP contribution is -2.46. The summed E-state index contributed by atoms with van der Waals surface area (Å²) in [5.74, 6) is 4.89. The molecule has 0 fully saturated rings. The number of hydrogen-bond donors (Lipinski definition) is 2. The third-order valence-electron chi connectivity index (χ3n) is 5.62. The first kappa shape index (κ1) is 24.6. The highest BCUT2D eigenvalue weighted by atomic mass is 19.4. The smallest absolute Gasteiger partial charge is 0.449 e. The molecule has 3 aromatic rings. The summed E-state index contributed by atoms with van der Waals surface area (Å²) in [6, 6.07) is 7.82. The molecule has 0 radical (unpaired) electrons. The van der Waals surface area contributed by atoms with Crippen LogP contribution in [0.3, 0.4) is 0 Å². The van der Waals surface area contributed by atoms with E-state index in [0.29, 0.717) is 16.9 Å². The summed E-state index contributed by atoms with van der Waals surface area (Å²) in [5, 5.41) is 4.47. The monoisotopic (exact) mass is 499 g/mol. The molecule has 12 heteroatoms. The minimum atomic E-state index is -4.61. The Balaban J connectivity index is 1.60. The van der Waals surface area contributed by atoms with Gasteiger partial charge in [-0.2, -0.15) is 13.2 Å². The van der Waals surface area contributed by atoms with Gasteiger partial charge in [0.1, 0.15) is 11.8 Å². The molecule has 0 spiro atoms. The number of aryl methyl sites for hydroxylation is 1. The van der Waals surface area contributed by atoms with Gasteiger partial charge in [-0.05, 0) is 35.9 Å². The van der Waals surface area contributed by atoms with Gasteiger partial charge >= 0.3 is 12.2 Å². The molecule has 0 unspecified atom stereocenters. The molecule has 0 saturated heterocycles. The Kier molecular flexibility index (Phi) is 6.57. The number of methoxy groups -OCH3 is 1. The van der Waals surface area contributed by atoms with Crippen LogP contribution in [0.2, 0.25) is 0 Å². The van der Waals surface area contributed by atoms with E-state index < -0.39 is 24.1 Å². The predicted molar refractivity (Wildman–Crippen MR) is 122 cm³/mol. The zero-order chi connectivity index (χ0) is 26.0. The molecule has 9 nitrogen and oxygen atoms in total. The number of nitrogens with zero attached hydrogens (tertiary/aromatic N) is 3. The number of ether oxygens (including phenoxy) is 1. The molecule has 0 saturated carbocycles. The van der Waals surface area contributed by atoms with Crippen molar-refractivity contribution in [2.24, 2.45) is 7.05 Å². The van der Waals surface area contributed by atoms with Crippen LogP contribution in [0.5, 0.6) is 5.75 Å². The maximum Gasteiger partial charge on any atom is 0.449 e. The van der Waals surface area contributed by atoms with Crippen LogP contribution in [0.25, 0.3) is 11.0 Å². The summed E-state index contributed by atoms with van der Waals surface area (Å²) in [6.07, 6.45) is -4.40. The highest BCUT2D eigenvalue weighted by Gasteiger charge is 2.36. The van der Waals surface area contributed by atoms with Crippen molar-refractivity contribution in [3.63, 3.8) is 0 Å². The van der Waals surface area contributed by atoms with Gasteiger partial charge in [-0.3, -0.25) is 14.9 Å². The average molecular weight is 499 g/mol. The van der Waals surface area contributed by atoms with Crippen molar-refractivity contribution in [2.45, 2.75) is 18.8 Å². The molecule has 1 aromatic heterocycles. The molecule has 186 valence electrons. The third kappa shape index (κ3) is 4.95. The fraction of sp³-hybridized carbons (Fsp3) is 0.250. The van der Waals surface area contributed by atoms with E-state index in [9.17, 15) is 27.6 Å². The molecule has 0 aliphatic carbocycles. The second-order valence-electron chi connectivity index (χ2n) is 7.96. The van der Waals surface area contributed by atoms with Gasteiger partial charge in [0.05, 0.1) is 24.7 Å². The number of halogens is 3. The maximum atomic E-state index is 13.2. The Bertz CT molecular complexity index is 1420. The van der Waals surface area contributed by atoms with E-state index in [1.54, 1.807) is 18.2 Å². The Labute approximate surface area is 203 Å². The second-order valence-corrected chi connectivity index (χ2v) is 7.96. The van der Waals surface area contributed by atoms with E-state index in [1.807, 2.05) is 5.32 Å². The third-order valence-corrected chi connectivity index (χ3v) is 5.62. The van der Waals surface area contributed by atoms with Crippen LogP contribution in [0.4, 0.5) is 18.0 Å². The molecular weight excluding hydrogens is 479 g/mol. The minimum absolute atomic E-state index is 0.00127. The number of aromatic nitrogens is 2. The van der Waals surface area contributed by atoms with Crippen LogP contribution in [-0.2, 0) is 24.6 Å². The number of amides is 4. The molecule has 1 aliphatic heterocycles. The Morgan fingerprint density at radius 2 is 2.06 bits per heavy atom. The zero-order valence-electron chi connectivity index (χ0n) is 19.1. The van der Waals surface area contributed by atoms with Gasteiger partial charge in [0.25, 0.3) is 5.91 Å². The molecule has 1 aliphatic rings. The Morgan fingerprint density at radius 1 is 1.28 bits per heavy atom. The van der Waals surface area contributed by atoms with Gasteiger partial charge in [-0.1, -0.05) is 17.9 Å². The number of alkyl halides is 3. The number of imide groups is 1. The lowest BCUT2D eigenvalue weighted by atomic mass is 10.1. The summed E-state index contributed by atoms with van der Waals surface area (Å²) < 4.78 is 45.6. The molecule has 1 atom stereocenters. The first-order valence-electron chi connectivity index (χ1n) is 10.6. The first-order chi connectivity index (χ1) is 17.1. The van der Waals surface area contributed by atoms with Gasteiger partial charge in [0.2, 0.25) is 12.2 Å². The number of hydrogen-bond acceptors (Lipinski definition) is 5. The highest BCUT2D eigenvalue weighted by molar-refractivity contribution is 5.98. The van der Waals surface area contributed by atoms with Crippen LogP contribution >= 0.6 is 0 Å². The van der Waals surface area contributed by atoms with E-state index in [4.69, 9.17) is 4.74 Å². The van der Waals surface area contributed by atoms with Crippen LogP contribution < -0.4 is 15.4 Å².